The van der Waals surface area contributed by atoms with E-state index in [9.17, 15) is 0 Å². The number of nitrogens with zero attached hydrogens (tertiary/aromatic N) is 2. The zero-order chi connectivity index (χ0) is 59.9. The lowest BCUT2D eigenvalue weighted by molar-refractivity contribution is 0.199. The van der Waals surface area contributed by atoms with Crippen LogP contribution in [0.25, 0.3) is 16.7 Å². The Kier molecular flexibility index (Phi) is 19.7. The van der Waals surface area contributed by atoms with Crippen molar-refractivity contribution < 1.29 is 0 Å². The van der Waals surface area contributed by atoms with Crippen molar-refractivity contribution in [2.45, 2.75) is 251 Å². The van der Waals surface area contributed by atoms with Gasteiger partial charge in [-0.2, -0.15) is 0 Å². The fourth-order valence-electron chi connectivity index (χ4n) is 20.0. The molecule has 2 nitrogen and oxygen atoms in total. The average Bonchev–Trinajstić information content (AvgIpc) is 2.44. The first-order chi connectivity index (χ1) is 43.8. The minimum atomic E-state index is 0.104. The highest BCUT2D eigenvalue weighted by atomic mass is 15.2. The number of hydrogen-bond donors (Lipinski definition) is 0. The zero-order valence-electron chi connectivity index (χ0n) is 55.4. The van der Waals surface area contributed by atoms with Gasteiger partial charge in [0.15, 0.2) is 0 Å². The summed E-state index contributed by atoms with van der Waals surface area (Å²) in [6, 6.07) is 20.3. The molecule has 0 saturated heterocycles. The van der Waals surface area contributed by atoms with Crippen LogP contribution in [0.15, 0.2) is 197 Å². The molecule has 470 valence electrons. The van der Waals surface area contributed by atoms with Crippen LogP contribution in [0.5, 0.6) is 0 Å². The Morgan fingerprint density at radius 1 is 0.371 bits per heavy atom. The second-order valence-corrected chi connectivity index (χ2v) is 31.1. The maximum atomic E-state index is 2.93. The molecule has 0 aromatic heterocycles. The van der Waals surface area contributed by atoms with Gasteiger partial charge >= 0.3 is 0 Å². The van der Waals surface area contributed by atoms with Crippen LogP contribution in [-0.2, 0) is 0 Å². The van der Waals surface area contributed by atoms with Crippen LogP contribution in [0, 0.1) is 58.7 Å². The summed E-state index contributed by atoms with van der Waals surface area (Å²) in [6.07, 6.45) is 89.6. The van der Waals surface area contributed by atoms with Crippen LogP contribution >= 0.6 is 0 Å². The topological polar surface area (TPSA) is 6.48 Å². The molecule has 0 bridgehead atoms. The first-order valence-corrected chi connectivity index (χ1v) is 37.6. The maximum Gasteiger partial charge on any atom is 0.0411 e. The number of hydrogen-bond acceptors (Lipinski definition) is 2. The Bertz CT molecular complexity index is 3200. The molecule has 0 radical (unpaired) electrons. The lowest BCUT2D eigenvalue weighted by Crippen LogP contribution is -2.39. The van der Waals surface area contributed by atoms with Gasteiger partial charge in [0.25, 0.3) is 0 Å². The molecule has 2 aromatic carbocycles. The Labute approximate surface area is 540 Å². The molecule has 8 atom stereocenters. The Morgan fingerprint density at radius 3 is 1.71 bits per heavy atom. The van der Waals surface area contributed by atoms with Gasteiger partial charge in [-0.1, -0.05) is 196 Å². The summed E-state index contributed by atoms with van der Waals surface area (Å²) in [5.41, 5.74) is 20.0. The van der Waals surface area contributed by atoms with Crippen LogP contribution in [0.2, 0.25) is 0 Å². The zero-order valence-corrected chi connectivity index (χ0v) is 55.4. The normalized spacial score (nSPS) is 31.4. The van der Waals surface area contributed by atoms with Crippen molar-refractivity contribution in [1.82, 2.24) is 4.90 Å². The van der Waals surface area contributed by atoms with E-state index < -0.39 is 0 Å². The molecule has 89 heavy (non-hydrogen) atoms. The fraction of sp³-hybridized carbons (Fsp3) is 0.563. The summed E-state index contributed by atoms with van der Waals surface area (Å²) in [5, 5.41) is 0. The van der Waals surface area contributed by atoms with Gasteiger partial charge in [0.05, 0.1) is 0 Å². The molecule has 2 fully saturated rings. The average molecular weight is 1190 g/mol. The van der Waals surface area contributed by atoms with Gasteiger partial charge in [-0.05, 0) is 303 Å². The summed E-state index contributed by atoms with van der Waals surface area (Å²) in [6.45, 7) is 5.20. The van der Waals surface area contributed by atoms with E-state index in [0.717, 1.165) is 54.3 Å². The first kappa shape index (κ1) is 61.2. The third-order valence-electron chi connectivity index (χ3n) is 25.8. The standard InChI is InChI=1S/C87H112N2/c1-87(2,79-47-59-85(60-48-79)88(81-51-39-75(40-52-81)71-31-23-67(24-32-71)63-15-7-3-8-16-63)82-53-41-76(42-54-82)72-33-25-68(26-34-72)64-17-9-4-10-18-64)80-49-61-86(62-50-80)89(83-55-43-77(44-56-83)73-35-27-69(28-36-73)65-19-11-5-12-20-65)84-57-45-78(46-58-84)74-37-29-70(30-38-74)66-21-13-6-14-22-66/h3,7,9,17-19,25-28,31,33,35-37,43-44,47,49,53,55-57,59-60,63,66-67,70,72,75-76,78-79,81,86H,4-6,8,10-16,20-24,29-30,32,34,38-42,45-46,48,50-52,54,58,61-62H2,1-2H3. The minimum absolute atomic E-state index is 0.104. The lowest BCUT2D eigenvalue weighted by Gasteiger charge is -2.45. The Hall–Kier alpha value is -5.34. The second kappa shape index (κ2) is 28.7. The SMILES string of the molecule is CC(C)(C1=CCC(N(C2=CCC(C3=CCC(C4CCCCC4)CC3)CC2)c2ccc(-c3ccc(C4=CCCCC4)cc3)cc2)CC1)C1C=CC(N(C2=CCC(C3C=CC(C4=CCCC=C4)=CC3)CC2)C2CCC(C3=CCC(C4CC=CCC4)CC3)CC2)=CC1. The van der Waals surface area contributed by atoms with E-state index in [2.05, 4.69) is 175 Å². The molecule has 0 aliphatic heterocycles. The number of allylic oxidation sites excluding steroid dienone is 24. The minimum Gasteiger partial charge on any atom is -0.343 e. The fourth-order valence-corrected chi connectivity index (χ4v) is 20.0. The number of anilines is 1. The van der Waals surface area contributed by atoms with Crippen molar-refractivity contribution in [3.8, 4) is 11.1 Å². The van der Waals surface area contributed by atoms with E-state index in [1.165, 1.54) is 251 Å². The third-order valence-corrected chi connectivity index (χ3v) is 25.8. The number of rotatable bonds is 16. The second-order valence-electron chi connectivity index (χ2n) is 31.1. The highest BCUT2D eigenvalue weighted by Crippen LogP contribution is 2.50. The Balaban J connectivity index is 0.661. The molecular weight excluding hydrogens is 1070 g/mol. The van der Waals surface area contributed by atoms with E-state index in [1.807, 2.05) is 5.57 Å². The van der Waals surface area contributed by atoms with E-state index in [-0.39, 0.29) is 5.41 Å². The van der Waals surface area contributed by atoms with Gasteiger partial charge in [0, 0.05) is 34.9 Å². The molecule has 0 spiro atoms. The molecular formula is C87H112N2. The first-order valence-electron chi connectivity index (χ1n) is 37.6. The van der Waals surface area contributed by atoms with Crippen LogP contribution in [0.1, 0.15) is 244 Å². The molecule has 12 aliphatic carbocycles. The predicted octanol–water partition coefficient (Wildman–Crippen LogP) is 24.5. The van der Waals surface area contributed by atoms with E-state index in [1.54, 1.807) is 28.1 Å². The molecule has 2 aromatic rings. The van der Waals surface area contributed by atoms with Gasteiger partial charge in [-0.25, -0.2) is 0 Å². The van der Waals surface area contributed by atoms with Crippen molar-refractivity contribution in [3.05, 3.63) is 202 Å². The van der Waals surface area contributed by atoms with Crippen LogP contribution in [0.4, 0.5) is 5.69 Å². The van der Waals surface area contributed by atoms with E-state index in [0.29, 0.717) is 23.9 Å². The summed E-state index contributed by atoms with van der Waals surface area (Å²) in [4.78, 5) is 5.78. The monoisotopic (exact) mass is 1180 g/mol. The smallest absolute Gasteiger partial charge is 0.0411 e. The van der Waals surface area contributed by atoms with Crippen LogP contribution in [-0.4, -0.2) is 17.0 Å². The Morgan fingerprint density at radius 2 is 1.08 bits per heavy atom. The van der Waals surface area contributed by atoms with Crippen molar-refractivity contribution >= 4 is 11.3 Å². The van der Waals surface area contributed by atoms with Crippen LogP contribution < -0.4 is 4.90 Å². The third kappa shape index (κ3) is 14.2. The molecule has 0 N–H and O–H groups in total. The lowest BCUT2D eigenvalue weighted by atomic mass is 9.67. The molecule has 12 aliphatic rings. The molecule has 8 unspecified atom stereocenters. The highest BCUT2D eigenvalue weighted by Gasteiger charge is 2.39. The van der Waals surface area contributed by atoms with Gasteiger partial charge in [0.1, 0.15) is 0 Å². The molecule has 2 heteroatoms. The van der Waals surface area contributed by atoms with Gasteiger partial charge in [-0.3, -0.25) is 0 Å². The van der Waals surface area contributed by atoms with E-state index >= 15 is 0 Å². The summed E-state index contributed by atoms with van der Waals surface area (Å²) in [7, 11) is 0. The number of benzene rings is 2. The van der Waals surface area contributed by atoms with Crippen molar-refractivity contribution in [3.63, 3.8) is 0 Å². The summed E-state index contributed by atoms with van der Waals surface area (Å²) < 4.78 is 0. The van der Waals surface area contributed by atoms with Crippen molar-refractivity contribution in [2.75, 3.05) is 4.90 Å². The predicted molar refractivity (Wildman–Crippen MR) is 380 cm³/mol. The van der Waals surface area contributed by atoms with Crippen LogP contribution in [0.3, 0.4) is 0 Å². The quantitative estimate of drug-likeness (QED) is 0.155. The molecule has 0 amide bonds. The maximum absolute atomic E-state index is 2.93. The molecule has 0 heterocycles. The van der Waals surface area contributed by atoms with E-state index in [4.69, 9.17) is 0 Å². The van der Waals surface area contributed by atoms with Gasteiger partial charge < -0.3 is 9.80 Å². The van der Waals surface area contributed by atoms with Crippen molar-refractivity contribution in [2.24, 2.45) is 58.7 Å². The highest BCUT2D eigenvalue weighted by molar-refractivity contribution is 5.72. The van der Waals surface area contributed by atoms with Gasteiger partial charge in [0.2, 0.25) is 0 Å². The molecule has 2 saturated carbocycles. The van der Waals surface area contributed by atoms with Crippen molar-refractivity contribution in [1.29, 1.82) is 0 Å². The molecule has 14 rings (SSSR count). The largest absolute Gasteiger partial charge is 0.343 e. The van der Waals surface area contributed by atoms with Gasteiger partial charge in [-0.15, -0.1) is 0 Å². The summed E-state index contributed by atoms with van der Waals surface area (Å²) >= 11 is 0. The summed E-state index contributed by atoms with van der Waals surface area (Å²) in [5.74, 6) is 7.19.